The van der Waals surface area contributed by atoms with Crippen LogP contribution in [0.5, 0.6) is 0 Å². The molecular weight excluding hydrogens is 328 g/mol. The van der Waals surface area contributed by atoms with Gasteiger partial charge in [-0.25, -0.2) is 8.78 Å². The molecule has 0 spiro atoms. The van der Waals surface area contributed by atoms with E-state index in [-0.39, 0.29) is 30.8 Å². The average Bonchev–Trinajstić information content (AvgIpc) is 2.57. The smallest absolute Gasteiger partial charge is 0.251 e. The summed E-state index contributed by atoms with van der Waals surface area (Å²) in [6.07, 6.45) is -0.558. The Bertz CT molecular complexity index is 719. The Morgan fingerprint density at radius 2 is 1.88 bits per heavy atom. The van der Waals surface area contributed by atoms with E-state index in [9.17, 15) is 18.7 Å². The van der Waals surface area contributed by atoms with E-state index in [2.05, 4.69) is 5.32 Å². The Labute approximate surface area is 145 Å². The number of ether oxygens (including phenoxy) is 1. The van der Waals surface area contributed by atoms with Gasteiger partial charge >= 0.3 is 0 Å². The van der Waals surface area contributed by atoms with Crippen molar-refractivity contribution in [2.24, 2.45) is 0 Å². The molecule has 2 aromatic carbocycles. The van der Waals surface area contributed by atoms with Crippen molar-refractivity contribution >= 4 is 5.91 Å². The lowest BCUT2D eigenvalue weighted by molar-refractivity contribution is 0.0916. The molecule has 0 radical (unpaired) electrons. The molecule has 134 valence electrons. The van der Waals surface area contributed by atoms with Crippen molar-refractivity contribution in [2.45, 2.75) is 32.1 Å². The molecule has 2 aromatic rings. The molecule has 2 N–H and O–H groups in total. The van der Waals surface area contributed by atoms with Gasteiger partial charge in [0.1, 0.15) is 11.6 Å². The van der Waals surface area contributed by atoms with E-state index in [1.54, 1.807) is 6.92 Å². The Hall–Kier alpha value is -2.31. The SMILES string of the molecule is COCc1cc(C(=O)NC(C)CC(O)c2ccc(F)cc2)ccc1F. The highest BCUT2D eigenvalue weighted by Gasteiger charge is 2.16. The van der Waals surface area contributed by atoms with Gasteiger partial charge in [-0.15, -0.1) is 0 Å². The summed E-state index contributed by atoms with van der Waals surface area (Å²) in [5, 5.41) is 12.9. The van der Waals surface area contributed by atoms with Crippen LogP contribution in [-0.2, 0) is 11.3 Å². The van der Waals surface area contributed by atoms with Crippen LogP contribution in [0.1, 0.15) is 40.9 Å². The summed E-state index contributed by atoms with van der Waals surface area (Å²) in [6, 6.07) is 9.29. The third-order valence-electron chi connectivity index (χ3n) is 3.82. The van der Waals surface area contributed by atoms with Crippen molar-refractivity contribution < 1.29 is 23.4 Å². The molecule has 0 saturated heterocycles. The number of aliphatic hydroxyl groups excluding tert-OH is 1. The molecule has 0 saturated carbocycles. The Kier molecular flexibility index (Phi) is 6.61. The number of rotatable bonds is 7. The Morgan fingerprint density at radius 3 is 2.52 bits per heavy atom. The first-order valence-electron chi connectivity index (χ1n) is 7.92. The molecule has 2 atom stereocenters. The highest BCUT2D eigenvalue weighted by atomic mass is 19.1. The van der Waals surface area contributed by atoms with E-state index in [1.807, 2.05) is 0 Å². The van der Waals surface area contributed by atoms with Crippen molar-refractivity contribution in [3.63, 3.8) is 0 Å². The fourth-order valence-corrected chi connectivity index (χ4v) is 2.50. The summed E-state index contributed by atoms with van der Waals surface area (Å²) in [5.41, 5.74) is 1.19. The van der Waals surface area contributed by atoms with Gasteiger partial charge < -0.3 is 15.2 Å². The van der Waals surface area contributed by atoms with Crippen molar-refractivity contribution in [2.75, 3.05) is 7.11 Å². The second-order valence-electron chi connectivity index (χ2n) is 5.92. The first kappa shape index (κ1) is 19.0. The van der Waals surface area contributed by atoms with Crippen LogP contribution in [0, 0.1) is 11.6 Å². The molecule has 2 unspecified atom stereocenters. The number of amides is 1. The van der Waals surface area contributed by atoms with Crippen molar-refractivity contribution in [1.29, 1.82) is 0 Å². The minimum atomic E-state index is -0.826. The van der Waals surface area contributed by atoms with E-state index in [4.69, 9.17) is 4.74 Å². The lowest BCUT2D eigenvalue weighted by Crippen LogP contribution is -2.33. The van der Waals surface area contributed by atoms with Crippen LogP contribution in [0.3, 0.4) is 0 Å². The fourth-order valence-electron chi connectivity index (χ4n) is 2.50. The highest BCUT2D eigenvalue weighted by molar-refractivity contribution is 5.94. The lowest BCUT2D eigenvalue weighted by Gasteiger charge is -2.18. The second kappa shape index (κ2) is 8.69. The molecule has 2 rings (SSSR count). The summed E-state index contributed by atoms with van der Waals surface area (Å²) in [7, 11) is 1.45. The lowest BCUT2D eigenvalue weighted by atomic mass is 10.0. The molecule has 0 bridgehead atoms. The van der Waals surface area contributed by atoms with Crippen LogP contribution < -0.4 is 5.32 Å². The maximum atomic E-state index is 13.6. The summed E-state index contributed by atoms with van der Waals surface area (Å²) in [6.45, 7) is 1.83. The minimum Gasteiger partial charge on any atom is -0.388 e. The number of methoxy groups -OCH3 is 1. The molecule has 0 heterocycles. The maximum absolute atomic E-state index is 13.6. The van der Waals surface area contributed by atoms with Gasteiger partial charge in [0.15, 0.2) is 0 Å². The number of carbonyl (C=O) groups is 1. The molecule has 25 heavy (non-hydrogen) atoms. The summed E-state index contributed by atoms with van der Waals surface area (Å²) >= 11 is 0. The largest absolute Gasteiger partial charge is 0.388 e. The Morgan fingerprint density at radius 1 is 1.20 bits per heavy atom. The van der Waals surface area contributed by atoms with Gasteiger partial charge in [0, 0.05) is 24.3 Å². The summed E-state index contributed by atoms with van der Waals surface area (Å²) in [5.74, 6) is -1.17. The zero-order valence-electron chi connectivity index (χ0n) is 14.1. The van der Waals surface area contributed by atoms with Crippen LogP contribution in [0.25, 0.3) is 0 Å². The first-order chi connectivity index (χ1) is 11.9. The molecule has 0 aliphatic rings. The van der Waals surface area contributed by atoms with Crippen molar-refractivity contribution in [3.05, 3.63) is 70.8 Å². The minimum absolute atomic E-state index is 0.0752. The van der Waals surface area contributed by atoms with Gasteiger partial charge in [-0.05, 0) is 49.2 Å². The summed E-state index contributed by atoms with van der Waals surface area (Å²) in [4.78, 5) is 12.3. The van der Waals surface area contributed by atoms with Crippen LogP contribution in [0.15, 0.2) is 42.5 Å². The summed E-state index contributed by atoms with van der Waals surface area (Å²) < 4.78 is 31.4. The topological polar surface area (TPSA) is 58.6 Å². The number of nitrogens with one attached hydrogen (secondary N) is 1. The van der Waals surface area contributed by atoms with Gasteiger partial charge in [0.05, 0.1) is 12.7 Å². The van der Waals surface area contributed by atoms with Crippen molar-refractivity contribution in [3.8, 4) is 0 Å². The van der Waals surface area contributed by atoms with Gasteiger partial charge in [-0.2, -0.15) is 0 Å². The quantitative estimate of drug-likeness (QED) is 0.806. The average molecular weight is 349 g/mol. The second-order valence-corrected chi connectivity index (χ2v) is 5.92. The normalized spacial score (nSPS) is 13.3. The maximum Gasteiger partial charge on any atom is 0.251 e. The first-order valence-corrected chi connectivity index (χ1v) is 7.92. The monoisotopic (exact) mass is 349 g/mol. The number of aliphatic hydroxyl groups is 1. The number of carbonyl (C=O) groups excluding carboxylic acids is 1. The third kappa shape index (κ3) is 5.34. The van der Waals surface area contributed by atoms with Crippen molar-refractivity contribution in [1.82, 2.24) is 5.32 Å². The van der Waals surface area contributed by atoms with Gasteiger partial charge in [-0.1, -0.05) is 12.1 Å². The zero-order chi connectivity index (χ0) is 18.4. The number of halogens is 2. The van der Waals surface area contributed by atoms with Gasteiger partial charge in [0.2, 0.25) is 0 Å². The molecule has 0 aliphatic carbocycles. The predicted molar refractivity (Wildman–Crippen MR) is 90.0 cm³/mol. The van der Waals surface area contributed by atoms with Gasteiger partial charge in [-0.3, -0.25) is 4.79 Å². The third-order valence-corrected chi connectivity index (χ3v) is 3.82. The highest BCUT2D eigenvalue weighted by Crippen LogP contribution is 2.19. The number of hydrogen-bond donors (Lipinski definition) is 2. The number of benzene rings is 2. The molecule has 0 fully saturated rings. The molecule has 0 aromatic heterocycles. The number of hydrogen-bond acceptors (Lipinski definition) is 3. The standard InChI is InChI=1S/C19H21F2NO3/c1-12(9-18(23)13-3-6-16(20)7-4-13)22-19(24)14-5-8-17(21)15(10-14)11-25-2/h3-8,10,12,18,23H,9,11H2,1-2H3,(H,22,24). The van der Waals surface area contributed by atoms with E-state index in [1.165, 1.54) is 49.6 Å². The molecular formula is C19H21F2NO3. The molecule has 6 heteroatoms. The van der Waals surface area contributed by atoms with E-state index in [0.717, 1.165) is 0 Å². The van der Waals surface area contributed by atoms with Crippen LogP contribution in [-0.4, -0.2) is 24.2 Å². The van der Waals surface area contributed by atoms with Gasteiger partial charge in [0.25, 0.3) is 5.91 Å². The molecule has 4 nitrogen and oxygen atoms in total. The van der Waals surface area contributed by atoms with E-state index in [0.29, 0.717) is 16.7 Å². The zero-order valence-corrected chi connectivity index (χ0v) is 14.1. The van der Waals surface area contributed by atoms with E-state index >= 15 is 0 Å². The van der Waals surface area contributed by atoms with Crippen LogP contribution in [0.4, 0.5) is 8.78 Å². The van der Waals surface area contributed by atoms with E-state index < -0.39 is 11.9 Å². The van der Waals surface area contributed by atoms with Crippen LogP contribution in [0.2, 0.25) is 0 Å². The van der Waals surface area contributed by atoms with Crippen LogP contribution >= 0.6 is 0 Å². The fraction of sp³-hybridized carbons (Fsp3) is 0.316. The Balaban J connectivity index is 1.97. The molecule has 0 aliphatic heterocycles. The predicted octanol–water partition coefficient (Wildman–Crippen LogP) is 3.35. The molecule has 1 amide bonds.